The Morgan fingerprint density at radius 2 is 1.31 bits per heavy atom. The Kier molecular flexibility index (Phi) is 9.59. The highest BCUT2D eigenvalue weighted by atomic mass is 16.5. The first-order valence-corrected chi connectivity index (χ1v) is 12.4. The summed E-state index contributed by atoms with van der Waals surface area (Å²) in [5.74, 6) is 0.517. The Morgan fingerprint density at radius 3 is 1.72 bits per heavy atom. The van der Waals surface area contributed by atoms with E-state index in [2.05, 4.69) is 11.8 Å². The standard InChI is InChI=1S/C29H36N2O5/c1-4-27(35-25-12-8-6-10-23(25)32)31(28(5-2)36-26-13-9-7-11-24(26)33)20(3)14-15-21-16-18-22(19-17-21)29(30)34/h6-13,16-20,27-28,32-33H,4-5,14-15H2,1-3H3,(H2,30,34)/t20-,27-,28-/m0/s1. The molecule has 0 heterocycles. The lowest BCUT2D eigenvalue weighted by Crippen LogP contribution is -2.53. The minimum absolute atomic E-state index is 0.0208. The number of amides is 1. The Hall–Kier alpha value is -3.71. The van der Waals surface area contributed by atoms with Gasteiger partial charge in [0.2, 0.25) is 5.91 Å². The normalized spacial score (nSPS) is 13.7. The number of benzene rings is 3. The third-order valence-corrected chi connectivity index (χ3v) is 6.22. The van der Waals surface area contributed by atoms with Crippen LogP contribution in [0.15, 0.2) is 72.8 Å². The van der Waals surface area contributed by atoms with Crippen molar-refractivity contribution in [3.8, 4) is 23.0 Å². The highest BCUT2D eigenvalue weighted by Gasteiger charge is 2.32. The number of aromatic hydroxyl groups is 2. The molecule has 0 saturated carbocycles. The van der Waals surface area contributed by atoms with Crippen molar-refractivity contribution in [2.75, 3.05) is 0 Å². The van der Waals surface area contributed by atoms with Gasteiger partial charge in [0.25, 0.3) is 0 Å². The summed E-state index contributed by atoms with van der Waals surface area (Å²) in [6.07, 6.45) is 2.08. The molecule has 4 N–H and O–H groups in total. The molecule has 7 heteroatoms. The van der Waals surface area contributed by atoms with Crippen LogP contribution in [-0.2, 0) is 6.42 Å². The van der Waals surface area contributed by atoms with E-state index in [0.717, 1.165) is 18.4 Å². The zero-order chi connectivity index (χ0) is 26.1. The summed E-state index contributed by atoms with van der Waals surface area (Å²) in [7, 11) is 0. The van der Waals surface area contributed by atoms with E-state index >= 15 is 0 Å². The minimum Gasteiger partial charge on any atom is -0.504 e. The second-order valence-corrected chi connectivity index (χ2v) is 8.79. The van der Waals surface area contributed by atoms with Crippen LogP contribution in [0.2, 0.25) is 0 Å². The number of nitrogens with zero attached hydrogens (tertiary/aromatic N) is 1. The van der Waals surface area contributed by atoms with E-state index < -0.39 is 5.91 Å². The van der Waals surface area contributed by atoms with Gasteiger partial charge in [0, 0.05) is 11.6 Å². The van der Waals surface area contributed by atoms with Gasteiger partial charge in [-0.05, 0) is 74.6 Å². The fourth-order valence-electron chi connectivity index (χ4n) is 4.23. The molecule has 36 heavy (non-hydrogen) atoms. The van der Waals surface area contributed by atoms with E-state index in [-0.39, 0.29) is 30.0 Å². The second-order valence-electron chi connectivity index (χ2n) is 8.79. The Balaban J connectivity index is 1.85. The molecule has 1 amide bonds. The van der Waals surface area contributed by atoms with Crippen molar-refractivity contribution in [1.29, 1.82) is 0 Å². The summed E-state index contributed by atoms with van der Waals surface area (Å²) in [6.45, 7) is 6.17. The zero-order valence-electron chi connectivity index (χ0n) is 21.1. The molecule has 0 saturated heterocycles. The Morgan fingerprint density at radius 1 is 0.833 bits per heavy atom. The minimum atomic E-state index is -0.444. The molecule has 3 aromatic rings. The number of nitrogens with two attached hydrogens (primary N) is 1. The number of para-hydroxylation sites is 4. The summed E-state index contributed by atoms with van der Waals surface area (Å²) in [5, 5.41) is 20.6. The van der Waals surface area contributed by atoms with Crippen molar-refractivity contribution in [3.63, 3.8) is 0 Å². The monoisotopic (exact) mass is 492 g/mol. The number of aryl methyl sites for hydroxylation is 1. The largest absolute Gasteiger partial charge is 0.504 e. The smallest absolute Gasteiger partial charge is 0.248 e. The lowest BCUT2D eigenvalue weighted by Gasteiger charge is -2.41. The molecule has 3 rings (SSSR count). The van der Waals surface area contributed by atoms with Gasteiger partial charge in [-0.2, -0.15) is 0 Å². The number of phenols is 2. The van der Waals surface area contributed by atoms with E-state index in [0.29, 0.717) is 29.9 Å². The number of rotatable bonds is 13. The number of hydrogen-bond donors (Lipinski definition) is 3. The first-order chi connectivity index (χ1) is 17.3. The van der Waals surface area contributed by atoms with Crippen LogP contribution in [0.3, 0.4) is 0 Å². The van der Waals surface area contributed by atoms with Crippen LogP contribution >= 0.6 is 0 Å². The molecule has 0 bridgehead atoms. The van der Waals surface area contributed by atoms with E-state index in [1.54, 1.807) is 48.5 Å². The van der Waals surface area contributed by atoms with Gasteiger partial charge in [-0.3, -0.25) is 4.79 Å². The third-order valence-electron chi connectivity index (χ3n) is 6.22. The number of carbonyl (C=O) groups is 1. The van der Waals surface area contributed by atoms with Crippen molar-refractivity contribution in [2.24, 2.45) is 5.73 Å². The van der Waals surface area contributed by atoms with Crippen molar-refractivity contribution < 1.29 is 24.5 Å². The van der Waals surface area contributed by atoms with E-state index in [9.17, 15) is 15.0 Å². The molecular formula is C29H36N2O5. The van der Waals surface area contributed by atoms with Gasteiger partial charge in [0.05, 0.1) is 0 Å². The molecule has 3 aromatic carbocycles. The van der Waals surface area contributed by atoms with Gasteiger partial charge in [0.15, 0.2) is 35.5 Å². The summed E-state index contributed by atoms with van der Waals surface area (Å²) < 4.78 is 12.6. The van der Waals surface area contributed by atoms with Crippen LogP contribution in [0.25, 0.3) is 0 Å². The Labute approximate surface area is 213 Å². The van der Waals surface area contributed by atoms with Gasteiger partial charge >= 0.3 is 0 Å². The number of phenolic OH excluding ortho intramolecular Hbond substituents is 2. The number of primary amides is 1. The van der Waals surface area contributed by atoms with E-state index in [1.807, 2.05) is 38.1 Å². The maximum absolute atomic E-state index is 11.4. The van der Waals surface area contributed by atoms with Crippen LogP contribution in [0, 0.1) is 0 Å². The molecule has 0 aliphatic rings. The molecule has 0 unspecified atom stereocenters. The quantitative estimate of drug-likeness (QED) is 0.274. The van der Waals surface area contributed by atoms with Gasteiger partial charge in [0.1, 0.15) is 0 Å². The van der Waals surface area contributed by atoms with Gasteiger partial charge < -0.3 is 25.4 Å². The molecular weight excluding hydrogens is 456 g/mol. The van der Waals surface area contributed by atoms with Crippen LogP contribution < -0.4 is 15.2 Å². The molecule has 7 nitrogen and oxygen atoms in total. The zero-order valence-corrected chi connectivity index (χ0v) is 21.1. The molecule has 0 spiro atoms. The van der Waals surface area contributed by atoms with Crippen LogP contribution in [0.5, 0.6) is 23.0 Å². The average molecular weight is 493 g/mol. The highest BCUT2D eigenvalue weighted by Crippen LogP contribution is 2.32. The lowest BCUT2D eigenvalue weighted by molar-refractivity contribution is -0.103. The van der Waals surface area contributed by atoms with Crippen molar-refractivity contribution in [2.45, 2.75) is 65.0 Å². The molecule has 3 atom stereocenters. The van der Waals surface area contributed by atoms with Crippen molar-refractivity contribution in [3.05, 3.63) is 83.9 Å². The first kappa shape index (κ1) is 26.9. The van der Waals surface area contributed by atoms with Crippen LogP contribution in [-0.4, -0.2) is 39.5 Å². The first-order valence-electron chi connectivity index (χ1n) is 12.4. The summed E-state index contributed by atoms with van der Waals surface area (Å²) in [4.78, 5) is 13.5. The second kappa shape index (κ2) is 12.8. The van der Waals surface area contributed by atoms with Crippen LogP contribution in [0.1, 0.15) is 56.0 Å². The predicted octanol–water partition coefficient (Wildman–Crippen LogP) is 5.45. The molecule has 0 radical (unpaired) electrons. The van der Waals surface area contributed by atoms with E-state index in [1.165, 1.54) is 0 Å². The topological polar surface area (TPSA) is 105 Å². The summed E-state index contributed by atoms with van der Waals surface area (Å²) in [5.41, 5.74) is 6.94. The fourth-order valence-corrected chi connectivity index (χ4v) is 4.23. The fraction of sp³-hybridized carbons (Fsp3) is 0.345. The van der Waals surface area contributed by atoms with E-state index in [4.69, 9.17) is 15.2 Å². The molecule has 0 fully saturated rings. The van der Waals surface area contributed by atoms with Crippen molar-refractivity contribution in [1.82, 2.24) is 4.90 Å². The van der Waals surface area contributed by atoms with Gasteiger partial charge in [-0.25, -0.2) is 4.90 Å². The Bertz CT molecular complexity index is 1060. The summed E-state index contributed by atoms with van der Waals surface area (Å²) >= 11 is 0. The molecule has 192 valence electrons. The number of hydrogen-bond acceptors (Lipinski definition) is 6. The third kappa shape index (κ3) is 6.92. The lowest BCUT2D eigenvalue weighted by atomic mass is 10.0. The molecule has 0 aliphatic heterocycles. The molecule has 0 aliphatic carbocycles. The molecule has 0 aromatic heterocycles. The van der Waals surface area contributed by atoms with Crippen LogP contribution in [0.4, 0.5) is 0 Å². The maximum Gasteiger partial charge on any atom is 0.248 e. The SMILES string of the molecule is CC[C@H](Oc1ccccc1O)N([C@H](CC)Oc1ccccc1O)[C@@H](C)CCc1ccc(C(N)=O)cc1. The number of carbonyl (C=O) groups excluding carboxylic acids is 1. The predicted molar refractivity (Wildman–Crippen MR) is 140 cm³/mol. The average Bonchev–Trinajstić information content (AvgIpc) is 2.88. The van der Waals surface area contributed by atoms with Crippen molar-refractivity contribution >= 4 is 5.91 Å². The number of ether oxygens (including phenoxy) is 2. The highest BCUT2D eigenvalue weighted by molar-refractivity contribution is 5.92. The maximum atomic E-state index is 11.4. The van der Waals surface area contributed by atoms with Gasteiger partial charge in [-0.15, -0.1) is 0 Å². The summed E-state index contributed by atoms with van der Waals surface area (Å²) in [6, 6.07) is 21.2. The van der Waals surface area contributed by atoms with Gasteiger partial charge in [-0.1, -0.05) is 50.2 Å².